The number of rotatable bonds is 6. The lowest BCUT2D eigenvalue weighted by molar-refractivity contribution is 0.498. The molecule has 2 heterocycles. The van der Waals surface area contributed by atoms with E-state index in [-0.39, 0.29) is 5.75 Å². The molecule has 0 saturated carbocycles. The van der Waals surface area contributed by atoms with Crippen molar-refractivity contribution in [2.75, 3.05) is 18.6 Å². The standard InChI is InChI=1S/C16H16ClN3O3S/c1-24(21,22)7-6-18-9-12-3-5-15(23-12)11-2-4-14-13(8-11)16(17)20-10-19-14/h2-5,8,10,18H,6-7,9H2,1H3. The van der Waals surface area contributed by atoms with Gasteiger partial charge in [0.05, 0.1) is 17.8 Å². The maximum absolute atomic E-state index is 11.1. The van der Waals surface area contributed by atoms with Crippen molar-refractivity contribution in [1.29, 1.82) is 0 Å². The maximum Gasteiger partial charge on any atom is 0.148 e. The number of hydrogen-bond acceptors (Lipinski definition) is 6. The highest BCUT2D eigenvalue weighted by molar-refractivity contribution is 7.90. The molecule has 0 radical (unpaired) electrons. The average Bonchev–Trinajstić information content (AvgIpc) is 3.00. The zero-order valence-electron chi connectivity index (χ0n) is 13.0. The molecule has 8 heteroatoms. The summed E-state index contributed by atoms with van der Waals surface area (Å²) in [6.07, 6.45) is 2.64. The predicted octanol–water partition coefficient (Wildman–Crippen LogP) is 2.68. The zero-order chi connectivity index (χ0) is 17.2. The van der Waals surface area contributed by atoms with Crippen LogP contribution in [0.4, 0.5) is 0 Å². The van der Waals surface area contributed by atoms with Crippen LogP contribution in [0.25, 0.3) is 22.2 Å². The number of benzene rings is 1. The number of nitrogens with zero attached hydrogens (tertiary/aromatic N) is 2. The van der Waals surface area contributed by atoms with Crippen molar-refractivity contribution in [2.24, 2.45) is 0 Å². The second-order valence-corrected chi connectivity index (χ2v) is 8.09. The number of nitrogens with one attached hydrogen (secondary N) is 1. The molecule has 126 valence electrons. The van der Waals surface area contributed by atoms with E-state index >= 15 is 0 Å². The van der Waals surface area contributed by atoms with E-state index in [1.807, 2.05) is 30.3 Å². The normalized spacial score (nSPS) is 11.9. The Balaban J connectivity index is 1.72. The van der Waals surface area contributed by atoms with E-state index < -0.39 is 9.84 Å². The second kappa shape index (κ2) is 6.88. The Labute approximate surface area is 144 Å². The molecule has 0 spiro atoms. The van der Waals surface area contributed by atoms with Crippen LogP contribution >= 0.6 is 11.6 Å². The lowest BCUT2D eigenvalue weighted by atomic mass is 10.1. The lowest BCUT2D eigenvalue weighted by Crippen LogP contribution is -2.21. The van der Waals surface area contributed by atoms with E-state index in [4.69, 9.17) is 16.0 Å². The Kier molecular flexibility index (Phi) is 4.84. The monoisotopic (exact) mass is 365 g/mol. The quantitative estimate of drug-likeness (QED) is 0.534. The number of halogens is 1. The van der Waals surface area contributed by atoms with Gasteiger partial charge in [0.15, 0.2) is 0 Å². The summed E-state index contributed by atoms with van der Waals surface area (Å²) in [6.45, 7) is 0.852. The Hall–Kier alpha value is -1.96. The molecular weight excluding hydrogens is 350 g/mol. The molecule has 0 unspecified atom stereocenters. The highest BCUT2D eigenvalue weighted by Crippen LogP contribution is 2.28. The first-order valence-electron chi connectivity index (χ1n) is 7.30. The molecule has 3 rings (SSSR count). The van der Waals surface area contributed by atoms with Crippen LogP contribution in [-0.4, -0.2) is 36.9 Å². The fraction of sp³-hybridized carbons (Fsp3) is 0.250. The summed E-state index contributed by atoms with van der Waals surface area (Å²) in [4.78, 5) is 8.15. The van der Waals surface area contributed by atoms with Crippen LogP contribution in [0.15, 0.2) is 41.1 Å². The van der Waals surface area contributed by atoms with Gasteiger partial charge in [-0.1, -0.05) is 11.6 Å². The molecule has 0 aliphatic heterocycles. The Morgan fingerprint density at radius 3 is 2.83 bits per heavy atom. The summed E-state index contributed by atoms with van der Waals surface area (Å²) in [7, 11) is -2.96. The molecule has 0 bridgehead atoms. The van der Waals surface area contributed by atoms with Gasteiger partial charge in [0.25, 0.3) is 0 Å². The van der Waals surface area contributed by atoms with Crippen LogP contribution < -0.4 is 5.32 Å². The van der Waals surface area contributed by atoms with Crippen LogP contribution in [0.3, 0.4) is 0 Å². The van der Waals surface area contributed by atoms with Crippen molar-refractivity contribution >= 4 is 32.3 Å². The van der Waals surface area contributed by atoms with E-state index in [2.05, 4.69) is 15.3 Å². The minimum Gasteiger partial charge on any atom is -0.460 e. The van der Waals surface area contributed by atoms with Crippen LogP contribution in [-0.2, 0) is 16.4 Å². The zero-order valence-corrected chi connectivity index (χ0v) is 14.6. The molecule has 0 saturated heterocycles. The molecule has 24 heavy (non-hydrogen) atoms. The molecule has 0 atom stereocenters. The van der Waals surface area contributed by atoms with Gasteiger partial charge in [-0.3, -0.25) is 0 Å². The molecule has 6 nitrogen and oxygen atoms in total. The third-order valence-corrected chi connectivity index (χ3v) is 4.73. The predicted molar refractivity (Wildman–Crippen MR) is 93.7 cm³/mol. The number of hydrogen-bond donors (Lipinski definition) is 1. The van der Waals surface area contributed by atoms with Crippen molar-refractivity contribution in [3.63, 3.8) is 0 Å². The number of aromatic nitrogens is 2. The smallest absolute Gasteiger partial charge is 0.148 e. The molecule has 0 fully saturated rings. The van der Waals surface area contributed by atoms with E-state index in [1.165, 1.54) is 12.6 Å². The van der Waals surface area contributed by atoms with Crippen LogP contribution in [0.2, 0.25) is 5.15 Å². The minimum absolute atomic E-state index is 0.101. The molecule has 2 aromatic heterocycles. The van der Waals surface area contributed by atoms with Crippen LogP contribution in [0, 0.1) is 0 Å². The van der Waals surface area contributed by atoms with Crippen molar-refractivity contribution in [2.45, 2.75) is 6.54 Å². The first kappa shape index (κ1) is 16.9. The molecule has 1 N–H and O–H groups in total. The van der Waals surface area contributed by atoms with Crippen molar-refractivity contribution in [3.05, 3.63) is 47.6 Å². The van der Waals surface area contributed by atoms with Crippen molar-refractivity contribution < 1.29 is 12.8 Å². The van der Waals surface area contributed by atoms with E-state index in [1.54, 1.807) is 0 Å². The average molecular weight is 366 g/mol. The van der Waals surface area contributed by atoms with Gasteiger partial charge in [0.1, 0.15) is 32.8 Å². The summed E-state index contributed by atoms with van der Waals surface area (Å²) in [6, 6.07) is 9.38. The molecular formula is C16H16ClN3O3S. The van der Waals surface area contributed by atoms with Crippen LogP contribution in [0.5, 0.6) is 0 Å². The van der Waals surface area contributed by atoms with E-state index in [0.29, 0.717) is 24.0 Å². The Bertz CT molecular complexity index is 970. The summed E-state index contributed by atoms with van der Waals surface area (Å²) in [5, 5.41) is 4.21. The Morgan fingerprint density at radius 2 is 2.04 bits per heavy atom. The first-order chi connectivity index (χ1) is 11.4. The summed E-state index contributed by atoms with van der Waals surface area (Å²) >= 11 is 6.10. The maximum atomic E-state index is 11.1. The van der Waals surface area contributed by atoms with Crippen molar-refractivity contribution in [1.82, 2.24) is 15.3 Å². The van der Waals surface area contributed by atoms with Gasteiger partial charge in [-0.15, -0.1) is 0 Å². The van der Waals surface area contributed by atoms with Gasteiger partial charge in [0.2, 0.25) is 0 Å². The number of fused-ring (bicyclic) bond motifs is 1. The van der Waals surface area contributed by atoms with Crippen LogP contribution in [0.1, 0.15) is 5.76 Å². The Morgan fingerprint density at radius 1 is 1.21 bits per heavy atom. The molecule has 1 aromatic carbocycles. The van der Waals surface area contributed by atoms with Crippen molar-refractivity contribution in [3.8, 4) is 11.3 Å². The summed E-state index contributed by atoms with van der Waals surface area (Å²) < 4.78 is 28.0. The first-order valence-corrected chi connectivity index (χ1v) is 9.74. The summed E-state index contributed by atoms with van der Waals surface area (Å²) in [5.41, 5.74) is 1.65. The van der Waals surface area contributed by atoms with Gasteiger partial charge in [-0.05, 0) is 30.3 Å². The fourth-order valence-electron chi connectivity index (χ4n) is 2.28. The fourth-order valence-corrected chi connectivity index (χ4v) is 2.99. The SMILES string of the molecule is CS(=O)(=O)CCNCc1ccc(-c2ccc3ncnc(Cl)c3c2)o1. The molecule has 0 aliphatic carbocycles. The third kappa shape index (κ3) is 4.11. The lowest BCUT2D eigenvalue weighted by Gasteiger charge is -2.03. The summed E-state index contributed by atoms with van der Waals surface area (Å²) in [5.74, 6) is 1.54. The van der Waals surface area contributed by atoms with Gasteiger partial charge in [0, 0.05) is 23.8 Å². The van der Waals surface area contributed by atoms with E-state index in [9.17, 15) is 8.42 Å². The van der Waals surface area contributed by atoms with E-state index in [0.717, 1.165) is 22.2 Å². The highest BCUT2D eigenvalue weighted by Gasteiger charge is 2.08. The number of furan rings is 1. The molecule has 0 amide bonds. The minimum atomic E-state index is -2.96. The molecule has 0 aliphatic rings. The largest absolute Gasteiger partial charge is 0.460 e. The second-order valence-electron chi connectivity index (χ2n) is 5.47. The van der Waals surface area contributed by atoms with Gasteiger partial charge < -0.3 is 9.73 Å². The van der Waals surface area contributed by atoms with Gasteiger partial charge >= 0.3 is 0 Å². The van der Waals surface area contributed by atoms with Gasteiger partial charge in [-0.2, -0.15) is 0 Å². The highest BCUT2D eigenvalue weighted by atomic mass is 35.5. The molecule has 3 aromatic rings. The third-order valence-electron chi connectivity index (χ3n) is 3.48. The topological polar surface area (TPSA) is 85.1 Å². The van der Waals surface area contributed by atoms with Gasteiger partial charge in [-0.25, -0.2) is 18.4 Å². The number of sulfone groups is 1.